The molecule has 1 fully saturated rings. The molecule has 0 radical (unpaired) electrons. The number of hydrogen-bond acceptors (Lipinski definition) is 5. The third kappa shape index (κ3) is 2.63. The van der Waals surface area contributed by atoms with Crippen LogP contribution in [0.5, 0.6) is 0 Å². The van der Waals surface area contributed by atoms with Gasteiger partial charge in [0, 0.05) is 25.2 Å². The van der Waals surface area contributed by atoms with Crippen molar-refractivity contribution in [2.24, 2.45) is 0 Å². The number of aryl methyl sites for hydroxylation is 2. The van der Waals surface area contributed by atoms with Gasteiger partial charge in [0.25, 0.3) is 0 Å². The average molecular weight is 360 g/mol. The number of H-pyrrole nitrogens is 1. The predicted molar refractivity (Wildman–Crippen MR) is 91.8 cm³/mol. The van der Waals surface area contributed by atoms with Gasteiger partial charge in [-0.3, -0.25) is 9.50 Å². The van der Waals surface area contributed by atoms with E-state index in [-0.39, 0.29) is 5.92 Å². The maximum atomic E-state index is 13.1. The molecule has 0 spiro atoms. The standard InChI is InChI=1S/C16H20N6O2S/c1-11-15(12(2)18-17-11)25(23,24)21-8-5-6-13(10-21)16-20-19-14-7-3-4-9-22(14)16/h3-4,7,9,13H,5-6,8,10H2,1-2H3,(H,17,18)/t13-/m1/s1. The van der Waals surface area contributed by atoms with Crippen LogP contribution in [0.15, 0.2) is 29.3 Å². The Kier molecular flexibility index (Phi) is 3.84. The molecule has 0 aliphatic carbocycles. The molecule has 132 valence electrons. The Hall–Kier alpha value is -2.26. The fourth-order valence-electron chi connectivity index (χ4n) is 3.56. The molecule has 3 aromatic rings. The molecule has 8 nitrogen and oxygen atoms in total. The maximum Gasteiger partial charge on any atom is 0.246 e. The second-order valence-corrected chi connectivity index (χ2v) is 8.33. The average Bonchev–Trinajstić information content (AvgIpc) is 3.18. The Bertz CT molecular complexity index is 1000. The van der Waals surface area contributed by atoms with E-state index in [1.807, 2.05) is 28.8 Å². The van der Waals surface area contributed by atoms with Crippen LogP contribution in [-0.4, -0.2) is 50.6 Å². The number of nitrogens with one attached hydrogen (secondary N) is 1. The van der Waals surface area contributed by atoms with Crippen LogP contribution in [0.2, 0.25) is 0 Å². The van der Waals surface area contributed by atoms with Crippen LogP contribution in [-0.2, 0) is 10.0 Å². The second kappa shape index (κ2) is 5.92. The summed E-state index contributed by atoms with van der Waals surface area (Å²) >= 11 is 0. The van der Waals surface area contributed by atoms with Gasteiger partial charge < -0.3 is 0 Å². The summed E-state index contributed by atoms with van der Waals surface area (Å²) in [5.74, 6) is 0.838. The summed E-state index contributed by atoms with van der Waals surface area (Å²) in [4.78, 5) is 0.291. The van der Waals surface area contributed by atoms with E-state index in [1.165, 1.54) is 0 Å². The van der Waals surface area contributed by atoms with Gasteiger partial charge in [-0.2, -0.15) is 9.40 Å². The molecule has 1 N–H and O–H groups in total. The van der Waals surface area contributed by atoms with Crippen LogP contribution in [0, 0.1) is 13.8 Å². The lowest BCUT2D eigenvalue weighted by molar-refractivity contribution is 0.308. The van der Waals surface area contributed by atoms with Crippen molar-refractivity contribution in [3.8, 4) is 0 Å². The molecular weight excluding hydrogens is 340 g/mol. The monoisotopic (exact) mass is 360 g/mol. The lowest BCUT2D eigenvalue weighted by Gasteiger charge is -2.31. The summed E-state index contributed by atoms with van der Waals surface area (Å²) in [5.41, 5.74) is 1.86. The van der Waals surface area contributed by atoms with Crippen molar-refractivity contribution < 1.29 is 8.42 Å². The first-order valence-corrected chi connectivity index (χ1v) is 9.74. The molecule has 0 amide bonds. The summed E-state index contributed by atoms with van der Waals surface area (Å²) in [6.07, 6.45) is 3.61. The summed E-state index contributed by atoms with van der Waals surface area (Å²) in [6, 6.07) is 5.73. The molecule has 1 aliphatic rings. The van der Waals surface area contributed by atoms with Crippen molar-refractivity contribution in [2.75, 3.05) is 13.1 Å². The van der Waals surface area contributed by atoms with E-state index in [2.05, 4.69) is 20.4 Å². The zero-order valence-corrected chi connectivity index (χ0v) is 15.0. The van der Waals surface area contributed by atoms with E-state index >= 15 is 0 Å². The van der Waals surface area contributed by atoms with Crippen LogP contribution in [0.3, 0.4) is 0 Å². The molecule has 4 rings (SSSR count). The molecule has 0 bridgehead atoms. The van der Waals surface area contributed by atoms with Gasteiger partial charge in [-0.1, -0.05) is 6.07 Å². The Labute approximate surface area is 145 Å². The van der Waals surface area contributed by atoms with Gasteiger partial charge in [0.05, 0.1) is 11.4 Å². The highest BCUT2D eigenvalue weighted by Gasteiger charge is 2.35. The second-order valence-electron chi connectivity index (χ2n) is 6.45. The van der Waals surface area contributed by atoms with Gasteiger partial charge in [0.2, 0.25) is 10.0 Å². The number of rotatable bonds is 3. The molecule has 1 atom stereocenters. The minimum Gasteiger partial charge on any atom is -0.286 e. The zero-order chi connectivity index (χ0) is 17.6. The van der Waals surface area contributed by atoms with Gasteiger partial charge in [-0.15, -0.1) is 10.2 Å². The minimum atomic E-state index is -3.58. The first-order valence-electron chi connectivity index (χ1n) is 8.30. The third-order valence-electron chi connectivity index (χ3n) is 4.75. The maximum absolute atomic E-state index is 13.1. The highest BCUT2D eigenvalue weighted by Crippen LogP contribution is 2.31. The van der Waals surface area contributed by atoms with Crippen molar-refractivity contribution in [2.45, 2.75) is 37.5 Å². The van der Waals surface area contributed by atoms with E-state index in [4.69, 9.17) is 0 Å². The van der Waals surface area contributed by atoms with Crippen LogP contribution in [0.4, 0.5) is 0 Å². The van der Waals surface area contributed by atoms with Crippen LogP contribution >= 0.6 is 0 Å². The van der Waals surface area contributed by atoms with Crippen LogP contribution in [0.1, 0.15) is 36.0 Å². The minimum absolute atomic E-state index is 0.0217. The zero-order valence-electron chi connectivity index (χ0n) is 14.2. The molecule has 4 heterocycles. The highest BCUT2D eigenvalue weighted by atomic mass is 32.2. The Balaban J connectivity index is 1.67. The summed E-state index contributed by atoms with van der Waals surface area (Å²) in [6.45, 7) is 4.37. The molecule has 0 aromatic carbocycles. The van der Waals surface area contributed by atoms with Crippen LogP contribution < -0.4 is 0 Å². The Morgan fingerprint density at radius 2 is 2.08 bits per heavy atom. The Morgan fingerprint density at radius 3 is 2.84 bits per heavy atom. The van der Waals surface area contributed by atoms with Crippen molar-refractivity contribution in [3.05, 3.63) is 41.6 Å². The van der Waals surface area contributed by atoms with E-state index < -0.39 is 10.0 Å². The van der Waals surface area contributed by atoms with E-state index in [1.54, 1.807) is 18.2 Å². The highest BCUT2D eigenvalue weighted by molar-refractivity contribution is 7.89. The number of sulfonamides is 1. The Morgan fingerprint density at radius 1 is 1.24 bits per heavy atom. The van der Waals surface area contributed by atoms with Gasteiger partial charge in [0.15, 0.2) is 5.65 Å². The summed E-state index contributed by atoms with van der Waals surface area (Å²) in [5, 5.41) is 15.3. The largest absolute Gasteiger partial charge is 0.286 e. The summed E-state index contributed by atoms with van der Waals surface area (Å²) in [7, 11) is -3.58. The van der Waals surface area contributed by atoms with Crippen molar-refractivity contribution in [1.29, 1.82) is 0 Å². The van der Waals surface area contributed by atoms with E-state index in [0.29, 0.717) is 29.4 Å². The molecule has 3 aromatic heterocycles. The lowest BCUT2D eigenvalue weighted by atomic mass is 9.99. The SMILES string of the molecule is Cc1n[nH]c(C)c1S(=O)(=O)N1CCC[C@@H](c2nnc3ccccn23)C1. The van der Waals surface area contributed by atoms with E-state index in [9.17, 15) is 8.42 Å². The van der Waals surface area contributed by atoms with Crippen LogP contribution in [0.25, 0.3) is 5.65 Å². The van der Waals surface area contributed by atoms with Crippen molar-refractivity contribution in [1.82, 2.24) is 29.1 Å². The van der Waals surface area contributed by atoms with Gasteiger partial charge >= 0.3 is 0 Å². The number of piperidine rings is 1. The quantitative estimate of drug-likeness (QED) is 0.766. The smallest absolute Gasteiger partial charge is 0.246 e. The van der Waals surface area contributed by atoms with Gasteiger partial charge in [-0.25, -0.2) is 8.42 Å². The number of aromatic amines is 1. The number of nitrogens with zero attached hydrogens (tertiary/aromatic N) is 5. The third-order valence-corrected chi connectivity index (χ3v) is 6.88. The predicted octanol–water partition coefficient (Wildman–Crippen LogP) is 1.64. The number of hydrogen-bond donors (Lipinski definition) is 1. The lowest BCUT2D eigenvalue weighted by Crippen LogP contribution is -2.39. The first-order chi connectivity index (χ1) is 12.0. The number of pyridine rings is 1. The molecule has 1 saturated heterocycles. The summed E-state index contributed by atoms with van der Waals surface area (Å²) < 4.78 is 29.7. The van der Waals surface area contributed by atoms with Crippen molar-refractivity contribution in [3.63, 3.8) is 0 Å². The van der Waals surface area contributed by atoms with Gasteiger partial charge in [-0.05, 0) is 38.8 Å². The first kappa shape index (κ1) is 16.2. The topological polar surface area (TPSA) is 96.2 Å². The molecule has 0 unspecified atom stereocenters. The fourth-order valence-corrected chi connectivity index (χ4v) is 5.41. The number of fused-ring (bicyclic) bond motifs is 1. The van der Waals surface area contributed by atoms with Gasteiger partial charge in [0.1, 0.15) is 10.7 Å². The van der Waals surface area contributed by atoms with E-state index in [0.717, 1.165) is 24.3 Å². The fraction of sp³-hybridized carbons (Fsp3) is 0.438. The molecule has 25 heavy (non-hydrogen) atoms. The van der Waals surface area contributed by atoms with Crippen molar-refractivity contribution >= 4 is 15.7 Å². The molecular formula is C16H20N6O2S. The molecule has 1 aliphatic heterocycles. The number of aromatic nitrogens is 5. The molecule has 9 heteroatoms. The molecule has 0 saturated carbocycles. The normalized spacial score (nSPS) is 19.5.